The molecule has 3 aromatic heterocycles. The molecule has 0 spiro atoms. The Hall–Kier alpha value is -11.4. The number of piperidine rings is 1. The van der Waals surface area contributed by atoms with Crippen molar-refractivity contribution in [2.45, 2.75) is 82.9 Å². The zero-order valence-corrected chi connectivity index (χ0v) is 66.1. The van der Waals surface area contributed by atoms with Gasteiger partial charge in [-0.3, -0.25) is 14.7 Å². The van der Waals surface area contributed by atoms with Crippen molar-refractivity contribution in [2.24, 2.45) is 26.8 Å². The van der Waals surface area contributed by atoms with Gasteiger partial charge in [0.2, 0.25) is 21.7 Å². The second kappa shape index (κ2) is 34.5. The number of carboxylic acid groups (broad SMARTS) is 1. The van der Waals surface area contributed by atoms with Gasteiger partial charge in [-0.25, -0.2) is 27.0 Å². The Bertz CT molecular complexity index is 5420. The first-order chi connectivity index (χ1) is 53.9. The Labute approximate surface area is 652 Å². The number of sulfonamides is 1. The number of nitrogens with zero attached hydrogens (tertiary/aromatic N) is 11. The van der Waals surface area contributed by atoms with Crippen LogP contribution in [0, 0.1) is 11.8 Å². The van der Waals surface area contributed by atoms with E-state index in [1.165, 1.54) is 10.4 Å². The van der Waals surface area contributed by atoms with Crippen molar-refractivity contribution in [3.05, 3.63) is 229 Å². The van der Waals surface area contributed by atoms with Crippen LogP contribution in [0.1, 0.15) is 80.1 Å². The number of aryl methyl sites for hydroxylation is 2. The van der Waals surface area contributed by atoms with Gasteiger partial charge in [0, 0.05) is 139 Å². The quantitative estimate of drug-likeness (QED) is 0.00784. The fourth-order valence-corrected chi connectivity index (χ4v) is 17.8. The van der Waals surface area contributed by atoms with Crippen molar-refractivity contribution in [1.29, 1.82) is 0 Å². The molecule has 9 aromatic carbocycles. The lowest BCUT2D eigenvalue weighted by Crippen LogP contribution is -2.40. The Kier molecular flexibility index (Phi) is 24.2. The van der Waals surface area contributed by atoms with E-state index in [0.717, 1.165) is 72.4 Å². The van der Waals surface area contributed by atoms with E-state index in [9.17, 15) is 38.5 Å². The lowest BCUT2D eigenvalue weighted by molar-refractivity contribution is -0.214. The van der Waals surface area contributed by atoms with Crippen LogP contribution in [0.25, 0.3) is 66.1 Å². The molecule has 1 fully saturated rings. The highest BCUT2D eigenvalue weighted by Gasteiger charge is 2.45. The van der Waals surface area contributed by atoms with Crippen LogP contribution in [0.4, 0.5) is 34.1 Å². The van der Waals surface area contributed by atoms with E-state index in [1.807, 2.05) is 175 Å². The van der Waals surface area contributed by atoms with E-state index >= 15 is 0 Å². The van der Waals surface area contributed by atoms with Crippen molar-refractivity contribution in [1.82, 2.24) is 19.3 Å². The van der Waals surface area contributed by atoms with Gasteiger partial charge in [0.1, 0.15) is 0 Å². The smallest absolute Gasteiger partial charge is 0.363 e. The van der Waals surface area contributed by atoms with Crippen LogP contribution >= 0.6 is 7.94 Å². The highest BCUT2D eigenvalue weighted by atomic mass is 32.2. The monoisotopic (exact) mass is 1550 g/mol. The molecule has 12 aromatic rings. The molecule has 2 unspecified atom stereocenters. The van der Waals surface area contributed by atoms with Gasteiger partial charge in [-0.05, 0) is 171 Å². The molecule has 1 aliphatic rings. The van der Waals surface area contributed by atoms with E-state index in [-0.39, 0.29) is 90.5 Å². The summed E-state index contributed by atoms with van der Waals surface area (Å²) in [4.78, 5) is 49.4. The third-order valence-corrected chi connectivity index (χ3v) is 24.8. The van der Waals surface area contributed by atoms with Gasteiger partial charge in [0.05, 0.1) is 79.9 Å². The third-order valence-electron chi connectivity index (χ3n) is 20.4. The standard InChI is InChI=1S/C87H92N11O12PS/c1-10-107-111(104,86(57(2)3)90-81(99)24-17-19-62-56-97(92-91-62)48-18-46-88-85(101)61-29-38-71(76(51-61)87(102)103)83-74-39-30-65(93(4)5)52-77(74)108-78-53-66(94(6)7)31-40-75(78)83)110-69-34-25-58(26-35-69)43-47-89-84(100)60-44-49-98(50-45-60)112(105,106)70-36-27-59(28-37-70)82-72-41-32-67(95(8)63-20-13-11-14-21-63)54-79(72)109-80-55-68(33-42-73(80)82)96(9)64-22-15-12-16-23-64/h11-16,20-23,25-42,51-57,60,86H,10,17-19,24,43-50H2,1-9H3,(H2-2,88,89,90,99,100,101,102,103)/p+2. The molecule has 2 atom stereocenters. The van der Waals surface area contributed by atoms with Gasteiger partial charge in [-0.1, -0.05) is 85.8 Å². The van der Waals surface area contributed by atoms with E-state index in [0.29, 0.717) is 84.2 Å². The number of hydrogen-bond donors (Lipinski definition) is 4. The minimum absolute atomic E-state index is 0.00336. The predicted molar refractivity (Wildman–Crippen MR) is 448 cm³/mol. The summed E-state index contributed by atoms with van der Waals surface area (Å²) in [6.07, 6.45) is 4.63. The molecule has 4 N–H and O–H groups in total. The molecule has 0 amide bonds. The number of aliphatic hydroxyl groups is 3. The van der Waals surface area contributed by atoms with E-state index in [2.05, 4.69) is 83.6 Å². The second-order valence-corrected chi connectivity index (χ2v) is 32.8. The van der Waals surface area contributed by atoms with Crippen LogP contribution in [0.3, 0.4) is 0 Å². The molecule has 0 aliphatic carbocycles. The molecule has 112 heavy (non-hydrogen) atoms. The Morgan fingerprint density at radius 2 is 1.17 bits per heavy atom. The van der Waals surface area contributed by atoms with Gasteiger partial charge in [0.25, 0.3) is 0 Å². The molecule has 1 aliphatic heterocycles. The SMILES string of the molecule is CCO[P+]([O-])(Oc1ccc(CCN=C(O)C2CCN(S(=O)(=O)c3ccc(-c4c5ccc(N(C)c6ccccc6)cc5[o+]c5cc(N(C)c6ccccc6)ccc45)cc3)CC2)cc1)C(N=C(O)CCCc1cn(CCCN=C(O)c2ccc(-c3c4ccc(N(C)C)cc4[o+]c4cc(N(C)C)ccc34)c(C(=O)O)c2)nn1)C(C)C. The van der Waals surface area contributed by atoms with E-state index < -0.39 is 29.7 Å². The maximum absolute atomic E-state index is 14.6. The number of benzene rings is 9. The van der Waals surface area contributed by atoms with Gasteiger partial charge in [-0.15, -0.1) is 5.10 Å². The summed E-state index contributed by atoms with van der Waals surface area (Å²) >= 11 is 0. The molecular weight excluding hydrogens is 1450 g/mol. The highest BCUT2D eigenvalue weighted by molar-refractivity contribution is 7.89. The number of aromatic nitrogens is 3. The minimum Gasteiger partial charge on any atom is -0.622 e. The van der Waals surface area contributed by atoms with Crippen molar-refractivity contribution in [3.63, 3.8) is 0 Å². The summed E-state index contributed by atoms with van der Waals surface area (Å²) < 4.78 is 57.0. The molecule has 1 saturated heterocycles. The molecule has 13 rings (SSSR count). The molecule has 0 saturated carbocycles. The van der Waals surface area contributed by atoms with Crippen LogP contribution in [0.15, 0.2) is 235 Å². The predicted octanol–water partition coefficient (Wildman–Crippen LogP) is 17.8. The topological polar surface area (TPSA) is 280 Å². The molecule has 578 valence electrons. The van der Waals surface area contributed by atoms with Crippen LogP contribution < -0.4 is 29.0 Å². The van der Waals surface area contributed by atoms with E-state index in [4.69, 9.17) is 17.9 Å². The fourth-order valence-electron chi connectivity index (χ4n) is 14.2. The van der Waals surface area contributed by atoms with Crippen molar-refractivity contribution >= 4 is 120 Å². The third kappa shape index (κ3) is 17.7. The first kappa shape index (κ1) is 78.7. The summed E-state index contributed by atoms with van der Waals surface area (Å²) in [5.74, 6) is -3.08. The normalized spacial score (nSPS) is 14.3. The largest absolute Gasteiger partial charge is 0.622 e. The number of para-hydroxylation sites is 2. The number of aromatic carboxylic acids is 1. The van der Waals surface area contributed by atoms with Gasteiger partial charge in [0.15, 0.2) is 17.5 Å². The summed E-state index contributed by atoms with van der Waals surface area (Å²) in [5, 5.41) is 56.0. The second-order valence-electron chi connectivity index (χ2n) is 28.8. The maximum atomic E-state index is 14.6. The van der Waals surface area contributed by atoms with Gasteiger partial charge >= 0.3 is 36.2 Å². The summed E-state index contributed by atoms with van der Waals surface area (Å²) in [5.41, 5.74) is 13.1. The van der Waals surface area contributed by atoms with Gasteiger partial charge < -0.3 is 49.4 Å². The average molecular weight is 1550 g/mol. The summed E-state index contributed by atoms with van der Waals surface area (Å²) in [6.45, 7) is 6.79. The molecule has 4 heterocycles. The van der Waals surface area contributed by atoms with Crippen LogP contribution in [0.5, 0.6) is 5.75 Å². The Balaban J connectivity index is 0.579. The van der Waals surface area contributed by atoms with Crippen LogP contribution in [0.2, 0.25) is 0 Å². The number of aliphatic hydroxyl groups excluding tert-OH is 3. The molecule has 0 radical (unpaired) electrons. The van der Waals surface area contributed by atoms with Gasteiger partial charge in [-0.2, -0.15) is 8.83 Å². The lowest BCUT2D eigenvalue weighted by Gasteiger charge is -2.33. The fraction of sp³-hybridized carbons (Fsp3) is 0.287. The molecule has 23 nitrogen and oxygen atoms in total. The van der Waals surface area contributed by atoms with E-state index in [1.54, 1.807) is 54.2 Å². The lowest BCUT2D eigenvalue weighted by atomic mass is 9.92. The number of carbonyl (C=O) groups is 1. The van der Waals surface area contributed by atoms with Crippen molar-refractivity contribution in [2.75, 3.05) is 94.7 Å². The zero-order chi connectivity index (χ0) is 79.0. The van der Waals surface area contributed by atoms with Crippen molar-refractivity contribution in [3.8, 4) is 28.0 Å². The number of rotatable bonds is 31. The number of hydrogen-bond acceptors (Lipinski definition) is 15. The van der Waals surface area contributed by atoms with Crippen LogP contribution in [-0.2, 0) is 33.9 Å². The molecule has 0 bridgehead atoms. The number of anilines is 6. The number of aliphatic imine (C=N–C) groups is 3. The Morgan fingerprint density at radius 3 is 1.71 bits per heavy atom. The number of fused-ring (bicyclic) bond motifs is 4. The van der Waals surface area contributed by atoms with Crippen molar-refractivity contribution < 1.29 is 56.4 Å². The Morgan fingerprint density at radius 1 is 0.625 bits per heavy atom. The summed E-state index contributed by atoms with van der Waals surface area (Å²) in [7, 11) is 3.91. The summed E-state index contributed by atoms with van der Waals surface area (Å²) in [6, 6.07) is 63.2. The molecule has 25 heteroatoms. The average Bonchev–Trinajstić information content (AvgIpc) is 0.938. The molecular formula is C87H94N11O12PS+2. The number of carboxylic acids is 1. The minimum atomic E-state index is -4.01. The maximum Gasteiger partial charge on any atom is 0.363 e. The van der Waals surface area contributed by atoms with Crippen LogP contribution in [-0.4, -0.2) is 153 Å². The zero-order valence-electron chi connectivity index (χ0n) is 64.4. The highest BCUT2D eigenvalue weighted by Crippen LogP contribution is 2.59. The first-order valence-corrected chi connectivity index (χ1v) is 40.7. The first-order valence-electron chi connectivity index (χ1n) is 37.7.